The van der Waals surface area contributed by atoms with Gasteiger partial charge in [-0.25, -0.2) is 4.79 Å². The summed E-state index contributed by atoms with van der Waals surface area (Å²) in [7, 11) is 0. The van der Waals surface area contributed by atoms with Gasteiger partial charge < -0.3 is 15.3 Å². The second-order valence-electron chi connectivity index (χ2n) is 8.88. The van der Waals surface area contributed by atoms with Crippen molar-refractivity contribution in [3.8, 4) is 34.5 Å². The lowest BCUT2D eigenvalue weighted by Crippen LogP contribution is -1.95. The first-order valence-electron chi connectivity index (χ1n) is 11.7. The molecule has 0 aliphatic rings. The van der Waals surface area contributed by atoms with Gasteiger partial charge in [-0.15, -0.1) is 10.2 Å². The molecule has 38 heavy (non-hydrogen) atoms. The summed E-state index contributed by atoms with van der Waals surface area (Å²) in [5, 5.41) is 50.1. The van der Waals surface area contributed by atoms with Crippen LogP contribution in [0.5, 0.6) is 11.6 Å². The third-order valence-electron chi connectivity index (χ3n) is 6.49. The molecule has 8 nitrogen and oxygen atoms in total. The van der Waals surface area contributed by atoms with E-state index in [9.17, 15) is 25.4 Å². The Bertz CT molecular complexity index is 1810. The number of nitriles is 1. The van der Waals surface area contributed by atoms with E-state index in [1.54, 1.807) is 53.1 Å². The van der Waals surface area contributed by atoms with E-state index in [-0.39, 0.29) is 28.6 Å². The molecule has 0 spiro atoms. The van der Waals surface area contributed by atoms with Crippen molar-refractivity contribution in [3.63, 3.8) is 0 Å². The third-order valence-corrected chi connectivity index (χ3v) is 6.49. The number of hydrogen-bond acceptors (Lipinski definition) is 6. The van der Waals surface area contributed by atoms with Crippen LogP contribution in [-0.4, -0.2) is 25.9 Å². The lowest BCUT2D eigenvalue weighted by Gasteiger charge is -2.09. The minimum Gasteiger partial charge on any atom is -0.505 e. The number of nitrogens with zero attached hydrogens (tertiary/aromatic N) is 4. The van der Waals surface area contributed by atoms with E-state index in [1.807, 2.05) is 32.0 Å². The zero-order chi connectivity index (χ0) is 27.0. The zero-order valence-electron chi connectivity index (χ0n) is 20.5. The van der Waals surface area contributed by atoms with Gasteiger partial charge in [-0.05, 0) is 79.1 Å². The summed E-state index contributed by atoms with van der Waals surface area (Å²) < 4.78 is 1.62. The van der Waals surface area contributed by atoms with Gasteiger partial charge in [-0.1, -0.05) is 30.3 Å². The third kappa shape index (κ3) is 4.22. The van der Waals surface area contributed by atoms with E-state index in [0.717, 1.165) is 11.1 Å². The molecule has 1 aromatic heterocycles. The van der Waals surface area contributed by atoms with Crippen molar-refractivity contribution in [2.45, 2.75) is 13.8 Å². The summed E-state index contributed by atoms with van der Waals surface area (Å²) in [5.41, 5.74) is 5.18. The number of phenols is 1. The highest BCUT2D eigenvalue weighted by Gasteiger charge is 2.19. The Morgan fingerprint density at radius 2 is 1.68 bits per heavy atom. The molecule has 0 unspecified atom stereocenters. The fourth-order valence-electron chi connectivity index (χ4n) is 4.32. The number of aryl methyl sites for hydroxylation is 2. The standard InChI is InChI=1S/C30H22N4O4/c1-17-9-11-22(13-18(17)2)34-26-14-19(16-31)10-12-24(26)27(29(34)36)33-32-25-8-4-7-23(28(25)35)20-5-3-6-21(15-20)30(37)38/h3-15,35-36H,1-2H3,(H,37,38). The summed E-state index contributed by atoms with van der Waals surface area (Å²) in [6, 6.07) is 24.0. The molecule has 1 heterocycles. The number of aromatic carboxylic acids is 1. The maximum atomic E-state index is 11.4. The molecular weight excluding hydrogens is 480 g/mol. The smallest absolute Gasteiger partial charge is 0.335 e. The van der Waals surface area contributed by atoms with Crippen molar-refractivity contribution in [1.29, 1.82) is 5.26 Å². The molecule has 0 aliphatic heterocycles. The second kappa shape index (κ2) is 9.56. The number of carbonyl (C=O) groups is 1. The van der Waals surface area contributed by atoms with E-state index >= 15 is 0 Å². The van der Waals surface area contributed by atoms with Crippen LogP contribution in [0.3, 0.4) is 0 Å². The summed E-state index contributed by atoms with van der Waals surface area (Å²) in [6.07, 6.45) is 0. The van der Waals surface area contributed by atoms with Gasteiger partial charge in [0.1, 0.15) is 5.69 Å². The van der Waals surface area contributed by atoms with Crippen LogP contribution in [0.25, 0.3) is 27.7 Å². The highest BCUT2D eigenvalue weighted by molar-refractivity contribution is 5.97. The number of para-hydroxylation sites is 1. The van der Waals surface area contributed by atoms with Crippen molar-refractivity contribution >= 4 is 28.2 Å². The molecule has 0 aliphatic carbocycles. The van der Waals surface area contributed by atoms with Crippen molar-refractivity contribution < 1.29 is 20.1 Å². The topological polar surface area (TPSA) is 131 Å². The molecular formula is C30H22N4O4. The summed E-state index contributed by atoms with van der Waals surface area (Å²) >= 11 is 0. The molecule has 0 amide bonds. The average Bonchev–Trinajstić information content (AvgIpc) is 3.19. The molecule has 0 fully saturated rings. The van der Waals surface area contributed by atoms with Crippen LogP contribution in [0.15, 0.2) is 89.1 Å². The highest BCUT2D eigenvalue weighted by atomic mass is 16.4. The number of azo groups is 1. The maximum absolute atomic E-state index is 11.4. The van der Waals surface area contributed by atoms with Gasteiger partial charge in [-0.2, -0.15) is 5.26 Å². The molecule has 5 aromatic rings. The monoisotopic (exact) mass is 502 g/mol. The van der Waals surface area contributed by atoms with Crippen LogP contribution in [0.4, 0.5) is 11.4 Å². The van der Waals surface area contributed by atoms with Gasteiger partial charge in [0, 0.05) is 16.6 Å². The lowest BCUT2D eigenvalue weighted by atomic mass is 10.0. The minimum absolute atomic E-state index is 0.0924. The molecule has 5 rings (SSSR count). The summed E-state index contributed by atoms with van der Waals surface area (Å²) in [4.78, 5) is 11.4. The van der Waals surface area contributed by atoms with Crippen molar-refractivity contribution in [2.75, 3.05) is 0 Å². The number of carboxylic acid groups (broad SMARTS) is 1. The van der Waals surface area contributed by atoms with Gasteiger partial charge in [-0.3, -0.25) is 4.57 Å². The zero-order valence-corrected chi connectivity index (χ0v) is 20.5. The van der Waals surface area contributed by atoms with Crippen LogP contribution in [0.2, 0.25) is 0 Å². The van der Waals surface area contributed by atoms with Gasteiger partial charge in [0.25, 0.3) is 0 Å². The van der Waals surface area contributed by atoms with Gasteiger partial charge in [0.05, 0.1) is 22.7 Å². The molecule has 8 heteroatoms. The van der Waals surface area contributed by atoms with Gasteiger partial charge in [0.2, 0.25) is 5.88 Å². The van der Waals surface area contributed by atoms with Crippen molar-refractivity contribution in [2.24, 2.45) is 10.2 Å². The number of fused-ring (bicyclic) bond motifs is 1. The van der Waals surface area contributed by atoms with Crippen molar-refractivity contribution in [3.05, 3.63) is 101 Å². The normalized spacial score (nSPS) is 11.2. The number of hydrogen-bond donors (Lipinski definition) is 3. The number of aromatic hydroxyl groups is 2. The average molecular weight is 503 g/mol. The Morgan fingerprint density at radius 3 is 2.42 bits per heavy atom. The minimum atomic E-state index is -1.07. The Hall–Kier alpha value is -5.42. The second-order valence-corrected chi connectivity index (χ2v) is 8.88. The molecule has 3 N–H and O–H groups in total. The van der Waals surface area contributed by atoms with E-state index < -0.39 is 5.97 Å². The van der Waals surface area contributed by atoms with Crippen LogP contribution < -0.4 is 0 Å². The fraction of sp³-hybridized carbons (Fsp3) is 0.0667. The number of rotatable bonds is 5. The van der Waals surface area contributed by atoms with E-state index in [0.29, 0.717) is 33.3 Å². The molecule has 0 atom stereocenters. The first kappa shape index (κ1) is 24.3. The van der Waals surface area contributed by atoms with Gasteiger partial charge in [0.15, 0.2) is 11.4 Å². The number of benzene rings is 4. The summed E-state index contributed by atoms with van der Waals surface area (Å²) in [6.45, 7) is 3.98. The Labute approximate surface area is 218 Å². The number of carboxylic acids is 1. The Balaban J connectivity index is 1.64. The molecule has 4 aromatic carbocycles. The molecule has 0 saturated carbocycles. The first-order valence-corrected chi connectivity index (χ1v) is 11.7. The van der Waals surface area contributed by atoms with E-state index in [4.69, 9.17) is 0 Å². The predicted molar refractivity (Wildman–Crippen MR) is 144 cm³/mol. The highest BCUT2D eigenvalue weighted by Crippen LogP contribution is 2.43. The number of phenolic OH excluding ortho intramolecular Hbond substituents is 1. The molecule has 0 radical (unpaired) electrons. The SMILES string of the molecule is Cc1ccc(-n2c(O)c(N=Nc3cccc(-c4cccc(C(=O)O)c4)c3O)c3ccc(C#N)cc32)cc1C. The Kier molecular flexibility index (Phi) is 6.11. The maximum Gasteiger partial charge on any atom is 0.335 e. The predicted octanol–water partition coefficient (Wildman–Crippen LogP) is 7.31. The molecule has 0 saturated heterocycles. The molecule has 186 valence electrons. The number of aromatic nitrogens is 1. The van der Waals surface area contributed by atoms with Crippen LogP contribution in [0, 0.1) is 25.2 Å². The van der Waals surface area contributed by atoms with Crippen LogP contribution >= 0.6 is 0 Å². The lowest BCUT2D eigenvalue weighted by molar-refractivity contribution is 0.0697. The largest absolute Gasteiger partial charge is 0.505 e. The summed E-state index contributed by atoms with van der Waals surface area (Å²) in [5.74, 6) is -1.41. The van der Waals surface area contributed by atoms with E-state index in [1.165, 1.54) is 12.1 Å². The molecule has 0 bridgehead atoms. The Morgan fingerprint density at radius 1 is 0.895 bits per heavy atom. The van der Waals surface area contributed by atoms with Crippen LogP contribution in [0.1, 0.15) is 27.0 Å². The van der Waals surface area contributed by atoms with Crippen molar-refractivity contribution in [1.82, 2.24) is 4.57 Å². The quantitative estimate of drug-likeness (QED) is 0.217. The van der Waals surface area contributed by atoms with Gasteiger partial charge >= 0.3 is 5.97 Å². The van der Waals surface area contributed by atoms with Crippen LogP contribution in [-0.2, 0) is 0 Å². The van der Waals surface area contributed by atoms with E-state index in [2.05, 4.69) is 16.3 Å². The fourth-order valence-corrected chi connectivity index (χ4v) is 4.32. The first-order chi connectivity index (χ1) is 18.3.